The van der Waals surface area contributed by atoms with E-state index in [0.29, 0.717) is 5.41 Å². The van der Waals surface area contributed by atoms with Crippen LogP contribution in [0.15, 0.2) is 15.2 Å². The Morgan fingerprint density at radius 2 is 2.00 bits per heavy atom. The lowest BCUT2D eigenvalue weighted by atomic mass is 9.84. The van der Waals surface area contributed by atoms with E-state index in [1.807, 2.05) is 0 Å². The minimum Gasteiger partial charge on any atom is -0.311 e. The van der Waals surface area contributed by atoms with Crippen LogP contribution in [0.5, 0.6) is 0 Å². The summed E-state index contributed by atoms with van der Waals surface area (Å²) in [6.07, 6.45) is 5.52. The molecule has 4 heteroatoms. The topological polar surface area (TPSA) is 15.3 Å². The van der Waals surface area contributed by atoms with Crippen LogP contribution in [0.2, 0.25) is 0 Å². The van der Waals surface area contributed by atoms with Crippen molar-refractivity contribution >= 4 is 27.3 Å². The maximum atomic E-state index is 3.75. The second kappa shape index (κ2) is 7.12. The Labute approximate surface area is 142 Å². The van der Waals surface area contributed by atoms with E-state index in [9.17, 15) is 0 Å². The molecule has 1 N–H and O–H groups in total. The van der Waals surface area contributed by atoms with Crippen molar-refractivity contribution in [1.82, 2.24) is 10.2 Å². The van der Waals surface area contributed by atoms with E-state index in [0.717, 1.165) is 13.1 Å². The molecule has 1 fully saturated rings. The molecule has 21 heavy (non-hydrogen) atoms. The molecule has 1 aliphatic rings. The molecule has 0 aromatic carbocycles. The molecule has 120 valence electrons. The average Bonchev–Trinajstić information content (AvgIpc) is 2.96. The summed E-state index contributed by atoms with van der Waals surface area (Å²) >= 11 is 5.34. The van der Waals surface area contributed by atoms with Gasteiger partial charge in [-0.15, -0.1) is 11.3 Å². The first-order chi connectivity index (χ1) is 9.78. The lowest BCUT2D eigenvalue weighted by Crippen LogP contribution is -2.47. The Bertz CT molecular complexity index is 444. The van der Waals surface area contributed by atoms with E-state index >= 15 is 0 Å². The molecule has 0 atom stereocenters. The molecular weight excluding hydrogens is 344 g/mol. The third-order valence-corrected chi connectivity index (χ3v) is 5.89. The van der Waals surface area contributed by atoms with E-state index in [4.69, 9.17) is 0 Å². The summed E-state index contributed by atoms with van der Waals surface area (Å²) in [5, 5.41) is 6.01. The molecule has 1 saturated carbocycles. The van der Waals surface area contributed by atoms with E-state index in [1.165, 1.54) is 41.6 Å². The summed E-state index contributed by atoms with van der Waals surface area (Å²) in [6.45, 7) is 10.2. The van der Waals surface area contributed by atoms with E-state index < -0.39 is 0 Å². The van der Waals surface area contributed by atoms with Crippen LogP contribution in [0.1, 0.15) is 52.0 Å². The lowest BCUT2D eigenvalue weighted by Gasteiger charge is -2.36. The highest BCUT2D eigenvalue weighted by molar-refractivity contribution is 9.11. The molecule has 2 rings (SSSR count). The van der Waals surface area contributed by atoms with Gasteiger partial charge in [-0.25, -0.2) is 0 Å². The Kier molecular flexibility index (Phi) is 5.91. The fourth-order valence-electron chi connectivity index (χ4n) is 3.34. The van der Waals surface area contributed by atoms with Gasteiger partial charge in [0, 0.05) is 25.2 Å². The number of thiophene rings is 1. The normalized spacial score (nSPS) is 18.6. The largest absolute Gasteiger partial charge is 0.311 e. The molecule has 0 bridgehead atoms. The van der Waals surface area contributed by atoms with E-state index in [-0.39, 0.29) is 5.54 Å². The van der Waals surface area contributed by atoms with Crippen LogP contribution >= 0.6 is 27.3 Å². The molecular formula is C17H29BrN2S. The van der Waals surface area contributed by atoms with Crippen molar-refractivity contribution in [2.75, 3.05) is 20.1 Å². The fourth-order valence-corrected chi connectivity index (χ4v) is 4.54. The molecule has 1 aromatic heterocycles. The second-order valence-corrected chi connectivity index (χ2v) is 10.0. The summed E-state index contributed by atoms with van der Waals surface area (Å²) in [7, 11) is 2.27. The maximum absolute atomic E-state index is 3.75. The lowest BCUT2D eigenvalue weighted by molar-refractivity contribution is 0.156. The number of halogens is 1. The van der Waals surface area contributed by atoms with Crippen LogP contribution in [0, 0.1) is 5.41 Å². The third kappa shape index (κ3) is 5.66. The zero-order valence-corrected chi connectivity index (χ0v) is 16.2. The number of hydrogen-bond donors (Lipinski definition) is 1. The fraction of sp³-hybridized carbons (Fsp3) is 0.765. The highest BCUT2D eigenvalue weighted by Crippen LogP contribution is 2.38. The quantitative estimate of drug-likeness (QED) is 0.764. The molecule has 0 radical (unpaired) electrons. The summed E-state index contributed by atoms with van der Waals surface area (Å²) in [6, 6.07) is 2.25. The molecule has 0 unspecified atom stereocenters. The first-order valence-electron chi connectivity index (χ1n) is 7.95. The minimum atomic E-state index is 0.215. The van der Waals surface area contributed by atoms with E-state index in [1.54, 1.807) is 11.3 Å². The first kappa shape index (κ1) is 17.5. The summed E-state index contributed by atoms with van der Waals surface area (Å²) in [4.78, 5) is 2.50. The standard InChI is InChI=1S/C17H29BrN2S/c1-16(2,3)19-12-17(7-5-6-8-17)13-20(4)10-14-9-15(18)21-11-14/h9,11,19H,5-8,10,12-13H2,1-4H3. The first-order valence-corrected chi connectivity index (χ1v) is 9.62. The van der Waals surface area contributed by atoms with Crippen LogP contribution in [0.4, 0.5) is 0 Å². The van der Waals surface area contributed by atoms with Gasteiger partial charge in [0.05, 0.1) is 3.79 Å². The molecule has 1 aliphatic carbocycles. The maximum Gasteiger partial charge on any atom is 0.0701 e. The predicted molar refractivity (Wildman–Crippen MR) is 97.0 cm³/mol. The Morgan fingerprint density at radius 3 is 2.52 bits per heavy atom. The van der Waals surface area contributed by atoms with Gasteiger partial charge >= 0.3 is 0 Å². The predicted octanol–water partition coefficient (Wildman–Crippen LogP) is 4.89. The Morgan fingerprint density at radius 1 is 1.33 bits per heavy atom. The van der Waals surface area contributed by atoms with Crippen molar-refractivity contribution < 1.29 is 0 Å². The Balaban J connectivity index is 1.92. The van der Waals surface area contributed by atoms with E-state index in [2.05, 4.69) is 65.4 Å². The van der Waals surface area contributed by atoms with Crippen molar-refractivity contribution in [2.24, 2.45) is 5.41 Å². The molecule has 1 heterocycles. The van der Waals surface area contributed by atoms with Gasteiger partial charge in [0.1, 0.15) is 0 Å². The summed E-state index contributed by atoms with van der Waals surface area (Å²) in [5.74, 6) is 0. The zero-order valence-electron chi connectivity index (χ0n) is 13.8. The molecule has 1 aromatic rings. The van der Waals surface area contributed by atoms with Gasteiger partial charge in [-0.2, -0.15) is 0 Å². The van der Waals surface area contributed by atoms with Crippen molar-refractivity contribution in [2.45, 2.75) is 58.5 Å². The molecule has 0 spiro atoms. The third-order valence-electron chi connectivity index (χ3n) is 4.34. The number of hydrogen-bond acceptors (Lipinski definition) is 3. The second-order valence-electron chi connectivity index (χ2n) is 7.74. The van der Waals surface area contributed by atoms with Gasteiger partial charge in [0.15, 0.2) is 0 Å². The smallest absolute Gasteiger partial charge is 0.0701 e. The van der Waals surface area contributed by atoms with Crippen molar-refractivity contribution in [1.29, 1.82) is 0 Å². The minimum absolute atomic E-state index is 0.215. The van der Waals surface area contributed by atoms with Gasteiger partial charge in [-0.05, 0) is 79.0 Å². The van der Waals surface area contributed by atoms with Gasteiger partial charge < -0.3 is 10.2 Å². The highest BCUT2D eigenvalue weighted by atomic mass is 79.9. The van der Waals surface area contributed by atoms with Crippen molar-refractivity contribution in [3.8, 4) is 0 Å². The highest BCUT2D eigenvalue weighted by Gasteiger charge is 2.35. The summed E-state index contributed by atoms with van der Waals surface area (Å²) < 4.78 is 1.23. The summed E-state index contributed by atoms with van der Waals surface area (Å²) in [5.41, 5.74) is 2.10. The zero-order chi connectivity index (χ0) is 15.5. The van der Waals surface area contributed by atoms with Crippen LogP contribution in [0.3, 0.4) is 0 Å². The SMILES string of the molecule is CN(Cc1csc(Br)c1)CC1(CNC(C)(C)C)CCCC1. The number of nitrogens with one attached hydrogen (secondary N) is 1. The Hall–Kier alpha value is 0.1000. The molecule has 0 aliphatic heterocycles. The average molecular weight is 373 g/mol. The molecule has 2 nitrogen and oxygen atoms in total. The van der Waals surface area contributed by atoms with Gasteiger partial charge in [-0.1, -0.05) is 12.8 Å². The van der Waals surface area contributed by atoms with Gasteiger partial charge in [0.2, 0.25) is 0 Å². The molecule has 0 amide bonds. The monoisotopic (exact) mass is 372 g/mol. The van der Waals surface area contributed by atoms with Crippen molar-refractivity contribution in [3.05, 3.63) is 20.8 Å². The number of rotatable bonds is 6. The van der Waals surface area contributed by atoms with Crippen LogP contribution in [0.25, 0.3) is 0 Å². The van der Waals surface area contributed by atoms with Crippen LogP contribution < -0.4 is 5.32 Å². The van der Waals surface area contributed by atoms with Gasteiger partial charge in [0.25, 0.3) is 0 Å². The van der Waals surface area contributed by atoms with Crippen molar-refractivity contribution in [3.63, 3.8) is 0 Å². The van der Waals surface area contributed by atoms with Gasteiger partial charge in [-0.3, -0.25) is 0 Å². The van der Waals surface area contributed by atoms with Crippen LogP contribution in [-0.2, 0) is 6.54 Å². The van der Waals surface area contributed by atoms with Crippen LogP contribution in [-0.4, -0.2) is 30.6 Å². The molecule has 0 saturated heterocycles. The number of nitrogens with zero attached hydrogens (tertiary/aromatic N) is 1.